The monoisotopic (exact) mass is 336 g/mol. The third-order valence-corrected chi connectivity index (χ3v) is 6.02. The number of pyridine rings is 1. The van der Waals surface area contributed by atoms with Gasteiger partial charge in [-0.3, -0.25) is 4.79 Å². The maximum atomic E-state index is 12.9. The number of carbonyl (C=O) groups excluding carboxylic acids is 1. The zero-order valence-electron chi connectivity index (χ0n) is 14.0. The van der Waals surface area contributed by atoms with E-state index in [1.165, 1.54) is 35.3 Å². The molecule has 0 amide bonds. The Morgan fingerprint density at radius 3 is 2.46 bits per heavy atom. The Balaban J connectivity index is 1.90. The van der Waals surface area contributed by atoms with Crippen LogP contribution >= 0.6 is 11.3 Å². The minimum absolute atomic E-state index is 0.00212. The van der Waals surface area contributed by atoms with E-state index in [2.05, 4.69) is 6.92 Å². The van der Waals surface area contributed by atoms with E-state index >= 15 is 0 Å². The van der Waals surface area contributed by atoms with Crippen LogP contribution in [0.1, 0.15) is 50.5 Å². The van der Waals surface area contributed by atoms with E-state index in [0.29, 0.717) is 16.1 Å². The molecule has 1 aromatic carbocycles. The number of anilines is 1. The predicted octanol–water partition coefficient (Wildman–Crippen LogP) is 4.61. The van der Waals surface area contributed by atoms with Crippen LogP contribution in [0.15, 0.2) is 24.3 Å². The van der Waals surface area contributed by atoms with Crippen molar-refractivity contribution < 1.29 is 4.79 Å². The maximum Gasteiger partial charge on any atom is 0.205 e. The summed E-state index contributed by atoms with van der Waals surface area (Å²) >= 11 is 1.43. The molecule has 2 N–H and O–H groups in total. The second kappa shape index (κ2) is 5.71. The van der Waals surface area contributed by atoms with Gasteiger partial charge in [-0.1, -0.05) is 29.8 Å². The topological polar surface area (TPSA) is 56.0 Å². The van der Waals surface area contributed by atoms with Crippen molar-refractivity contribution in [2.75, 3.05) is 5.73 Å². The Hall–Kier alpha value is -2.20. The highest BCUT2D eigenvalue weighted by molar-refractivity contribution is 7.21. The van der Waals surface area contributed by atoms with Crippen molar-refractivity contribution in [1.29, 1.82) is 0 Å². The normalized spacial score (nSPS) is 13.9. The number of thiophene rings is 1. The number of ketones is 1. The molecule has 122 valence electrons. The van der Waals surface area contributed by atoms with Gasteiger partial charge >= 0.3 is 0 Å². The number of aryl methyl sites for hydroxylation is 3. The van der Waals surface area contributed by atoms with Gasteiger partial charge in [0.05, 0.1) is 5.69 Å². The van der Waals surface area contributed by atoms with Crippen molar-refractivity contribution in [3.63, 3.8) is 0 Å². The van der Waals surface area contributed by atoms with Crippen molar-refractivity contribution in [3.05, 3.63) is 57.1 Å². The number of nitrogen functional groups attached to an aromatic ring is 1. The molecule has 0 atom stereocenters. The van der Waals surface area contributed by atoms with Crippen molar-refractivity contribution in [1.82, 2.24) is 4.98 Å². The Morgan fingerprint density at radius 2 is 1.75 bits per heavy atom. The Kier molecular flexibility index (Phi) is 3.65. The average Bonchev–Trinajstić information content (AvgIpc) is 2.92. The summed E-state index contributed by atoms with van der Waals surface area (Å²) in [5.74, 6) is -0.00212. The summed E-state index contributed by atoms with van der Waals surface area (Å²) in [5.41, 5.74) is 12.6. The Morgan fingerprint density at radius 1 is 1.08 bits per heavy atom. The number of hydrogen-bond donors (Lipinski definition) is 1. The molecule has 0 radical (unpaired) electrons. The third kappa shape index (κ3) is 2.33. The van der Waals surface area contributed by atoms with E-state index in [1.807, 2.05) is 31.2 Å². The van der Waals surface area contributed by atoms with Crippen LogP contribution < -0.4 is 5.73 Å². The number of rotatable bonds is 2. The molecule has 3 aromatic rings. The van der Waals surface area contributed by atoms with Crippen molar-refractivity contribution in [2.24, 2.45) is 0 Å². The lowest BCUT2D eigenvalue weighted by molar-refractivity contribution is 0.104. The lowest BCUT2D eigenvalue weighted by Gasteiger charge is -2.18. The highest BCUT2D eigenvalue weighted by atomic mass is 32.1. The van der Waals surface area contributed by atoms with Crippen LogP contribution in [0.3, 0.4) is 0 Å². The van der Waals surface area contributed by atoms with Gasteiger partial charge in [-0.25, -0.2) is 4.98 Å². The largest absolute Gasteiger partial charge is 0.397 e. The van der Waals surface area contributed by atoms with Gasteiger partial charge in [-0.05, 0) is 50.7 Å². The number of aromatic nitrogens is 1. The Bertz CT molecular complexity index is 954. The van der Waals surface area contributed by atoms with Crippen LogP contribution in [0.25, 0.3) is 10.2 Å². The molecule has 3 nitrogen and oxygen atoms in total. The fourth-order valence-electron chi connectivity index (χ4n) is 3.61. The van der Waals surface area contributed by atoms with E-state index in [1.54, 1.807) is 0 Å². The SMILES string of the molecule is Cc1ccc(C(=O)c2sc3nc(C)c4c(c3c2N)CCCC4)cc1. The van der Waals surface area contributed by atoms with E-state index in [9.17, 15) is 4.79 Å². The highest BCUT2D eigenvalue weighted by Crippen LogP contribution is 2.40. The molecular formula is C20H20N2OS. The summed E-state index contributed by atoms with van der Waals surface area (Å²) < 4.78 is 0. The van der Waals surface area contributed by atoms with Gasteiger partial charge in [0.25, 0.3) is 0 Å². The first-order valence-electron chi connectivity index (χ1n) is 8.38. The average molecular weight is 336 g/mol. The molecule has 0 bridgehead atoms. The number of nitrogens with zero attached hydrogens (tertiary/aromatic N) is 1. The van der Waals surface area contributed by atoms with Crippen LogP contribution in [-0.4, -0.2) is 10.8 Å². The molecule has 2 aromatic heterocycles. The second-order valence-electron chi connectivity index (χ2n) is 6.58. The van der Waals surface area contributed by atoms with Crippen LogP contribution in [0.2, 0.25) is 0 Å². The molecule has 2 heterocycles. The fourth-order valence-corrected chi connectivity index (χ4v) is 4.74. The predicted molar refractivity (Wildman–Crippen MR) is 100 cm³/mol. The fraction of sp³-hybridized carbons (Fsp3) is 0.300. The molecule has 4 heteroatoms. The van der Waals surface area contributed by atoms with E-state index < -0.39 is 0 Å². The van der Waals surface area contributed by atoms with Gasteiger partial charge in [0.15, 0.2) is 0 Å². The van der Waals surface area contributed by atoms with E-state index in [4.69, 9.17) is 10.7 Å². The molecule has 1 aliphatic rings. The molecule has 0 saturated carbocycles. The van der Waals surface area contributed by atoms with Gasteiger partial charge < -0.3 is 5.73 Å². The van der Waals surface area contributed by atoms with Crippen LogP contribution in [0, 0.1) is 13.8 Å². The summed E-state index contributed by atoms with van der Waals surface area (Å²) in [4.78, 5) is 19.2. The van der Waals surface area contributed by atoms with Gasteiger partial charge in [0, 0.05) is 16.6 Å². The quantitative estimate of drug-likeness (QED) is 0.696. The molecule has 0 unspecified atom stereocenters. The summed E-state index contributed by atoms with van der Waals surface area (Å²) in [6.45, 7) is 4.09. The van der Waals surface area contributed by atoms with Crippen molar-refractivity contribution in [2.45, 2.75) is 39.5 Å². The molecule has 0 spiro atoms. The summed E-state index contributed by atoms with van der Waals surface area (Å²) in [7, 11) is 0. The maximum absolute atomic E-state index is 12.9. The Labute approximate surface area is 145 Å². The van der Waals surface area contributed by atoms with Crippen LogP contribution in [0.5, 0.6) is 0 Å². The standard InChI is InChI=1S/C20H20N2OS/c1-11-7-9-13(10-8-11)18(23)19-17(21)16-15-6-4-3-5-14(15)12(2)22-20(16)24-19/h7-10H,3-6,21H2,1-2H3. The zero-order chi connectivity index (χ0) is 16.8. The van der Waals surface area contributed by atoms with Crippen molar-refractivity contribution >= 4 is 33.0 Å². The zero-order valence-corrected chi connectivity index (χ0v) is 14.8. The van der Waals surface area contributed by atoms with Gasteiger partial charge in [0.2, 0.25) is 5.78 Å². The van der Waals surface area contributed by atoms with Gasteiger partial charge in [-0.15, -0.1) is 11.3 Å². The summed E-state index contributed by atoms with van der Waals surface area (Å²) in [6, 6.07) is 7.66. The summed E-state index contributed by atoms with van der Waals surface area (Å²) in [5, 5.41) is 1.02. The van der Waals surface area contributed by atoms with Crippen LogP contribution in [0.4, 0.5) is 5.69 Å². The number of benzene rings is 1. The molecule has 1 aliphatic carbocycles. The second-order valence-corrected chi connectivity index (χ2v) is 7.58. The lowest BCUT2D eigenvalue weighted by Crippen LogP contribution is -2.08. The minimum atomic E-state index is -0.00212. The molecule has 24 heavy (non-hydrogen) atoms. The molecule has 0 fully saturated rings. The molecule has 0 saturated heterocycles. The lowest BCUT2D eigenvalue weighted by atomic mass is 9.89. The van der Waals surface area contributed by atoms with Crippen molar-refractivity contribution in [3.8, 4) is 0 Å². The minimum Gasteiger partial charge on any atom is -0.397 e. The smallest absolute Gasteiger partial charge is 0.205 e. The molecule has 0 aliphatic heterocycles. The first-order chi connectivity index (χ1) is 11.6. The number of nitrogens with two attached hydrogens (primary N) is 1. The first kappa shape index (κ1) is 15.3. The van der Waals surface area contributed by atoms with E-state index in [-0.39, 0.29) is 5.78 Å². The first-order valence-corrected chi connectivity index (χ1v) is 9.19. The number of fused-ring (bicyclic) bond motifs is 3. The van der Waals surface area contributed by atoms with E-state index in [0.717, 1.165) is 34.3 Å². The molecule has 4 rings (SSSR count). The summed E-state index contributed by atoms with van der Waals surface area (Å²) in [6.07, 6.45) is 4.50. The number of hydrogen-bond acceptors (Lipinski definition) is 4. The van der Waals surface area contributed by atoms with Crippen LogP contribution in [-0.2, 0) is 12.8 Å². The van der Waals surface area contributed by atoms with Gasteiger partial charge in [-0.2, -0.15) is 0 Å². The number of carbonyl (C=O) groups is 1. The molecular weight excluding hydrogens is 316 g/mol. The highest BCUT2D eigenvalue weighted by Gasteiger charge is 2.24. The van der Waals surface area contributed by atoms with Gasteiger partial charge in [0.1, 0.15) is 9.71 Å². The third-order valence-electron chi connectivity index (χ3n) is 4.92.